The molecule has 32 heavy (non-hydrogen) atoms. The van der Waals surface area contributed by atoms with Crippen LogP contribution in [-0.2, 0) is 24.1 Å². The molecule has 0 unspecified atom stereocenters. The standard InChI is InChI=1S/C25H33N3O2S2/c1-18-9-7-8-10-19(18)17-27-13-15-28(16-14-27)25(31)26-23-22(24(29)30-2)20-11-5-3-4-6-12-21(20)32-23/h7-10H,3-6,11-17H2,1-2H3,(H,26,31). The summed E-state index contributed by atoms with van der Waals surface area (Å²) in [7, 11) is 1.46. The van der Waals surface area contributed by atoms with Crippen molar-refractivity contribution < 1.29 is 9.53 Å². The van der Waals surface area contributed by atoms with Crippen molar-refractivity contribution in [3.8, 4) is 0 Å². The Morgan fingerprint density at radius 1 is 1.09 bits per heavy atom. The summed E-state index contributed by atoms with van der Waals surface area (Å²) in [6, 6.07) is 8.59. The van der Waals surface area contributed by atoms with Crippen molar-refractivity contribution in [3.63, 3.8) is 0 Å². The number of hydrogen-bond donors (Lipinski definition) is 1. The zero-order chi connectivity index (χ0) is 22.5. The Labute approximate surface area is 200 Å². The number of nitrogens with one attached hydrogen (secondary N) is 1. The molecule has 1 aliphatic carbocycles. The molecule has 0 radical (unpaired) electrons. The smallest absolute Gasteiger partial charge is 0.341 e. The Morgan fingerprint density at radius 3 is 2.53 bits per heavy atom. The molecule has 4 rings (SSSR count). The van der Waals surface area contributed by atoms with Crippen LogP contribution in [0.4, 0.5) is 5.00 Å². The Bertz CT molecular complexity index is 964. The number of ether oxygens (including phenoxy) is 1. The van der Waals surface area contributed by atoms with E-state index in [-0.39, 0.29) is 5.97 Å². The Kier molecular flexibility index (Phi) is 7.81. The molecule has 2 aromatic rings. The van der Waals surface area contributed by atoms with Gasteiger partial charge in [0.05, 0.1) is 12.7 Å². The van der Waals surface area contributed by atoms with Gasteiger partial charge in [-0.25, -0.2) is 4.79 Å². The van der Waals surface area contributed by atoms with Crippen molar-refractivity contribution in [1.82, 2.24) is 9.80 Å². The number of thiocarbonyl (C=S) groups is 1. The van der Waals surface area contributed by atoms with Gasteiger partial charge in [0.25, 0.3) is 0 Å². The normalized spacial score (nSPS) is 17.2. The van der Waals surface area contributed by atoms with Crippen LogP contribution >= 0.6 is 23.6 Å². The molecule has 0 saturated carbocycles. The lowest BCUT2D eigenvalue weighted by atomic mass is 9.96. The number of nitrogens with zero attached hydrogens (tertiary/aromatic N) is 2. The van der Waals surface area contributed by atoms with E-state index < -0.39 is 0 Å². The lowest BCUT2D eigenvalue weighted by molar-refractivity contribution is 0.0601. The third kappa shape index (κ3) is 5.33. The minimum Gasteiger partial charge on any atom is -0.465 e. The molecule has 0 bridgehead atoms. The van der Waals surface area contributed by atoms with Gasteiger partial charge in [-0.15, -0.1) is 11.3 Å². The minimum absolute atomic E-state index is 0.253. The van der Waals surface area contributed by atoms with Crippen LogP contribution in [0.25, 0.3) is 0 Å². The molecule has 1 aromatic heterocycles. The molecule has 2 heterocycles. The number of anilines is 1. The topological polar surface area (TPSA) is 44.8 Å². The summed E-state index contributed by atoms with van der Waals surface area (Å²) >= 11 is 7.46. The number of fused-ring (bicyclic) bond motifs is 1. The van der Waals surface area contributed by atoms with E-state index in [0.29, 0.717) is 10.7 Å². The first kappa shape index (κ1) is 23.2. The van der Waals surface area contributed by atoms with E-state index in [9.17, 15) is 4.79 Å². The van der Waals surface area contributed by atoms with Gasteiger partial charge >= 0.3 is 5.97 Å². The van der Waals surface area contributed by atoms with Gasteiger partial charge in [-0.2, -0.15) is 0 Å². The third-order valence-corrected chi connectivity index (χ3v) is 8.16. The number of carbonyl (C=O) groups is 1. The second-order valence-corrected chi connectivity index (χ2v) is 10.2. The van der Waals surface area contributed by atoms with E-state index in [0.717, 1.165) is 57.0 Å². The van der Waals surface area contributed by atoms with Crippen LogP contribution < -0.4 is 5.32 Å². The molecule has 1 aromatic carbocycles. The highest BCUT2D eigenvalue weighted by atomic mass is 32.1. The van der Waals surface area contributed by atoms with Crippen molar-refractivity contribution in [2.45, 2.75) is 52.0 Å². The third-order valence-electron chi connectivity index (χ3n) is 6.60. The van der Waals surface area contributed by atoms with Crippen molar-refractivity contribution in [3.05, 3.63) is 51.4 Å². The van der Waals surface area contributed by atoms with Gasteiger partial charge in [0.15, 0.2) is 5.11 Å². The molecular weight excluding hydrogens is 438 g/mol. The second-order valence-electron chi connectivity index (χ2n) is 8.73. The number of thiophene rings is 1. The second kappa shape index (κ2) is 10.8. The van der Waals surface area contributed by atoms with Crippen LogP contribution in [0.5, 0.6) is 0 Å². The van der Waals surface area contributed by atoms with Crippen molar-refractivity contribution in [2.24, 2.45) is 0 Å². The predicted octanol–water partition coefficient (Wildman–Crippen LogP) is 5.02. The average molecular weight is 472 g/mol. The molecule has 1 fully saturated rings. The molecule has 5 nitrogen and oxygen atoms in total. The first-order valence-electron chi connectivity index (χ1n) is 11.6. The average Bonchev–Trinajstić information content (AvgIpc) is 3.11. The molecule has 172 valence electrons. The summed E-state index contributed by atoms with van der Waals surface area (Å²) in [5, 5.41) is 4.99. The SMILES string of the molecule is COC(=O)c1c(NC(=S)N2CCN(Cc3ccccc3C)CC2)sc2c1CCCCCC2. The highest BCUT2D eigenvalue weighted by molar-refractivity contribution is 7.80. The maximum Gasteiger partial charge on any atom is 0.341 e. The van der Waals surface area contributed by atoms with Crippen LogP contribution in [-0.4, -0.2) is 54.2 Å². The number of aryl methyl sites for hydroxylation is 2. The first-order chi connectivity index (χ1) is 15.6. The molecular formula is C25H33N3O2S2. The molecule has 1 N–H and O–H groups in total. The summed E-state index contributed by atoms with van der Waals surface area (Å²) in [5.74, 6) is -0.253. The van der Waals surface area contributed by atoms with E-state index >= 15 is 0 Å². The van der Waals surface area contributed by atoms with Crippen LogP contribution in [0.1, 0.15) is 57.6 Å². The van der Waals surface area contributed by atoms with E-state index in [1.165, 1.54) is 47.9 Å². The van der Waals surface area contributed by atoms with Gasteiger partial charge < -0.3 is 15.0 Å². The number of carbonyl (C=O) groups excluding carboxylic acids is 1. The largest absolute Gasteiger partial charge is 0.465 e. The van der Waals surface area contributed by atoms with E-state index in [1.807, 2.05) is 0 Å². The van der Waals surface area contributed by atoms with Crippen molar-refractivity contribution >= 4 is 39.6 Å². The first-order valence-corrected chi connectivity index (χ1v) is 12.8. The van der Waals surface area contributed by atoms with Crippen LogP contribution in [0.3, 0.4) is 0 Å². The highest BCUT2D eigenvalue weighted by Crippen LogP contribution is 2.37. The molecule has 0 atom stereocenters. The molecule has 0 spiro atoms. The van der Waals surface area contributed by atoms with Crippen LogP contribution in [0.15, 0.2) is 24.3 Å². The molecule has 1 saturated heterocycles. The summed E-state index contributed by atoms with van der Waals surface area (Å²) in [6.45, 7) is 6.87. The molecule has 7 heteroatoms. The highest BCUT2D eigenvalue weighted by Gasteiger charge is 2.27. The monoisotopic (exact) mass is 471 g/mol. The molecule has 1 aliphatic heterocycles. The number of hydrogen-bond acceptors (Lipinski definition) is 5. The van der Waals surface area contributed by atoms with Gasteiger partial charge in [-0.1, -0.05) is 37.1 Å². The summed E-state index contributed by atoms with van der Waals surface area (Å²) in [5.41, 5.74) is 4.61. The van der Waals surface area contributed by atoms with Gasteiger partial charge in [0.2, 0.25) is 0 Å². The maximum atomic E-state index is 12.6. The minimum atomic E-state index is -0.253. The van der Waals surface area contributed by atoms with E-state index in [1.54, 1.807) is 11.3 Å². The summed E-state index contributed by atoms with van der Waals surface area (Å²) in [4.78, 5) is 18.7. The number of piperazine rings is 1. The lowest BCUT2D eigenvalue weighted by Gasteiger charge is -2.36. The number of rotatable bonds is 4. The van der Waals surface area contributed by atoms with Gasteiger partial charge in [-0.05, 0) is 61.5 Å². The molecule has 0 amide bonds. The maximum absolute atomic E-state index is 12.6. The van der Waals surface area contributed by atoms with Crippen LogP contribution in [0, 0.1) is 6.92 Å². The fourth-order valence-corrected chi connectivity index (χ4v) is 6.26. The van der Waals surface area contributed by atoms with E-state index in [2.05, 4.69) is 46.3 Å². The summed E-state index contributed by atoms with van der Waals surface area (Å²) < 4.78 is 5.14. The zero-order valence-corrected chi connectivity index (χ0v) is 20.7. The summed E-state index contributed by atoms with van der Waals surface area (Å²) in [6.07, 6.45) is 6.78. The quantitative estimate of drug-likeness (QED) is 0.499. The van der Waals surface area contributed by atoms with Crippen molar-refractivity contribution in [1.29, 1.82) is 0 Å². The Balaban J connectivity index is 1.41. The van der Waals surface area contributed by atoms with Gasteiger partial charge in [0.1, 0.15) is 5.00 Å². The predicted molar refractivity (Wildman–Crippen MR) is 136 cm³/mol. The van der Waals surface area contributed by atoms with Gasteiger partial charge in [-0.3, -0.25) is 4.90 Å². The fraction of sp³-hybridized carbons (Fsp3) is 0.520. The number of esters is 1. The zero-order valence-electron chi connectivity index (χ0n) is 19.1. The lowest BCUT2D eigenvalue weighted by Crippen LogP contribution is -2.49. The van der Waals surface area contributed by atoms with Crippen LogP contribution in [0.2, 0.25) is 0 Å². The Hall–Kier alpha value is -1.96. The number of benzene rings is 1. The number of methoxy groups -OCH3 is 1. The van der Waals surface area contributed by atoms with Crippen molar-refractivity contribution in [2.75, 3.05) is 38.6 Å². The fourth-order valence-electron chi connectivity index (χ4n) is 4.64. The van der Waals surface area contributed by atoms with E-state index in [4.69, 9.17) is 17.0 Å². The van der Waals surface area contributed by atoms with Gasteiger partial charge in [0, 0.05) is 37.6 Å². The Morgan fingerprint density at radius 2 is 1.81 bits per heavy atom. The molecule has 2 aliphatic rings.